The van der Waals surface area contributed by atoms with E-state index in [1.165, 1.54) is 7.11 Å². The first kappa shape index (κ1) is 24.1. The number of ether oxygens (including phenoxy) is 2. The summed E-state index contributed by atoms with van der Waals surface area (Å²) >= 11 is 0. The Labute approximate surface area is 206 Å². The number of hydrogen-bond donors (Lipinski definition) is 3. The third-order valence-electron chi connectivity index (χ3n) is 8.11. The van der Waals surface area contributed by atoms with Gasteiger partial charge in [0.05, 0.1) is 37.7 Å². The maximum absolute atomic E-state index is 13.6. The molecule has 0 spiro atoms. The van der Waals surface area contributed by atoms with Crippen molar-refractivity contribution in [2.45, 2.75) is 63.1 Å². The fourth-order valence-electron chi connectivity index (χ4n) is 6.77. The van der Waals surface area contributed by atoms with Crippen LogP contribution in [-0.2, 0) is 9.47 Å². The van der Waals surface area contributed by atoms with Crippen molar-refractivity contribution < 1.29 is 24.2 Å². The number of aromatic nitrogens is 2. The Kier molecular flexibility index (Phi) is 6.29. The first-order valence-corrected chi connectivity index (χ1v) is 12.7. The zero-order chi connectivity index (χ0) is 24.8. The summed E-state index contributed by atoms with van der Waals surface area (Å²) in [5.74, 6) is 1.86. The second-order valence-corrected chi connectivity index (χ2v) is 11.3. The predicted octanol–water partition coefficient (Wildman–Crippen LogP) is 1.99. The minimum Gasteiger partial charge on any atom is -0.453 e. The number of amides is 2. The first-order chi connectivity index (χ1) is 16.7. The molecular formula is C25H37N5O5. The van der Waals surface area contributed by atoms with Gasteiger partial charge in [-0.15, -0.1) is 0 Å². The second-order valence-electron chi connectivity index (χ2n) is 11.3. The van der Waals surface area contributed by atoms with Crippen molar-refractivity contribution in [3.05, 3.63) is 17.8 Å². The minimum absolute atomic E-state index is 0.0962. The van der Waals surface area contributed by atoms with E-state index in [9.17, 15) is 14.7 Å². The molecule has 5 fully saturated rings. The average Bonchev–Trinajstić information content (AvgIpc) is 3.23. The minimum atomic E-state index is -0.676. The van der Waals surface area contributed by atoms with Crippen LogP contribution < -0.4 is 15.5 Å². The van der Waals surface area contributed by atoms with Gasteiger partial charge in [0.1, 0.15) is 11.4 Å². The van der Waals surface area contributed by atoms with Crippen LogP contribution in [0.25, 0.3) is 6.20 Å². The molecule has 0 aromatic carbocycles. The zero-order valence-electron chi connectivity index (χ0n) is 20.8. The highest BCUT2D eigenvalue weighted by molar-refractivity contribution is 5.99. The van der Waals surface area contributed by atoms with Crippen molar-refractivity contribution in [1.82, 2.24) is 20.4 Å². The molecule has 2 unspecified atom stereocenters. The van der Waals surface area contributed by atoms with Crippen LogP contribution in [-0.4, -0.2) is 77.5 Å². The lowest BCUT2D eigenvalue weighted by atomic mass is 9.52. The normalized spacial score (nSPS) is 32.2. The van der Waals surface area contributed by atoms with Gasteiger partial charge >= 0.3 is 6.09 Å². The molecule has 1 aromatic rings. The number of hydrogen-bond acceptors (Lipinski definition) is 7. The van der Waals surface area contributed by atoms with Gasteiger partial charge in [-0.1, -0.05) is 0 Å². The van der Waals surface area contributed by atoms with Gasteiger partial charge in [-0.2, -0.15) is 5.10 Å². The fourth-order valence-corrected chi connectivity index (χ4v) is 6.77. The molecule has 1 aliphatic heterocycles. The van der Waals surface area contributed by atoms with Crippen LogP contribution in [0.3, 0.4) is 0 Å². The quantitative estimate of drug-likeness (QED) is 0.562. The molecule has 4 aliphatic carbocycles. The number of carbonyl (C=O) groups is 2. The molecule has 2 atom stereocenters. The van der Waals surface area contributed by atoms with Crippen LogP contribution in [0.1, 0.15) is 56.3 Å². The number of nitrogens with zero attached hydrogens (tertiary/aromatic N) is 3. The standard InChI is InChI=1S/C25H37N5O5/c1-24(2,28-23(32)34-3)4-5-30-22(29-6-8-35-9-7-29)19(15-26-30)21(31)27-20-17-10-16-11-18(20)14-25(33,12-16)13-17/h4-5,15-18,20,33H,6-14H2,1-3H3,(H,27,31)(H,28,32)/b5-4+. The van der Waals surface area contributed by atoms with Crippen molar-refractivity contribution >= 4 is 24.0 Å². The molecule has 3 N–H and O–H groups in total. The molecule has 4 saturated carbocycles. The number of aliphatic hydroxyl groups is 1. The summed E-state index contributed by atoms with van der Waals surface area (Å²) in [5, 5.41) is 21.5. The summed E-state index contributed by atoms with van der Waals surface area (Å²) in [7, 11) is 1.33. The zero-order valence-corrected chi connectivity index (χ0v) is 20.8. The molecule has 6 rings (SSSR count). The van der Waals surface area contributed by atoms with E-state index in [0.717, 1.165) is 37.9 Å². The van der Waals surface area contributed by atoms with Crippen LogP contribution in [0.4, 0.5) is 10.6 Å². The van der Waals surface area contributed by atoms with Gasteiger partial charge in [-0.05, 0) is 69.8 Å². The number of anilines is 1. The van der Waals surface area contributed by atoms with E-state index in [4.69, 9.17) is 9.47 Å². The molecule has 35 heavy (non-hydrogen) atoms. The summed E-state index contributed by atoms with van der Waals surface area (Å²) in [6.07, 6.45) is 9.36. The van der Waals surface area contributed by atoms with Crippen LogP contribution >= 0.6 is 0 Å². The number of carbonyl (C=O) groups excluding carboxylic acids is 2. The van der Waals surface area contributed by atoms with Crippen molar-refractivity contribution in [1.29, 1.82) is 0 Å². The first-order valence-electron chi connectivity index (χ1n) is 12.7. The molecule has 5 aliphatic rings. The molecule has 192 valence electrons. The smallest absolute Gasteiger partial charge is 0.407 e. The molecule has 10 nitrogen and oxygen atoms in total. The molecule has 4 bridgehead atoms. The van der Waals surface area contributed by atoms with Crippen LogP contribution in [0, 0.1) is 17.8 Å². The van der Waals surface area contributed by atoms with Gasteiger partial charge in [-0.3, -0.25) is 4.79 Å². The Bertz CT molecular complexity index is 982. The Hall–Kier alpha value is -2.59. The van der Waals surface area contributed by atoms with E-state index >= 15 is 0 Å². The Balaban J connectivity index is 1.38. The van der Waals surface area contributed by atoms with Gasteiger partial charge in [0, 0.05) is 25.3 Å². The van der Waals surface area contributed by atoms with Crippen molar-refractivity contribution in [3.8, 4) is 0 Å². The summed E-state index contributed by atoms with van der Waals surface area (Å²) in [4.78, 5) is 27.4. The fraction of sp³-hybridized carbons (Fsp3) is 0.720. The Morgan fingerprint density at radius 2 is 1.91 bits per heavy atom. The van der Waals surface area contributed by atoms with Crippen molar-refractivity contribution in [3.63, 3.8) is 0 Å². The molecular weight excluding hydrogens is 450 g/mol. The lowest BCUT2D eigenvalue weighted by Crippen LogP contribution is -2.61. The molecule has 2 amide bonds. The van der Waals surface area contributed by atoms with Gasteiger partial charge in [0.15, 0.2) is 0 Å². The van der Waals surface area contributed by atoms with Crippen LogP contribution in [0.5, 0.6) is 0 Å². The third-order valence-corrected chi connectivity index (χ3v) is 8.11. The van der Waals surface area contributed by atoms with E-state index < -0.39 is 17.2 Å². The monoisotopic (exact) mass is 487 g/mol. The highest BCUT2D eigenvalue weighted by Crippen LogP contribution is 2.55. The SMILES string of the molecule is COC(=O)NC(C)(C)/C=C/n1ncc(C(=O)NC2C3CC4CC2CC(O)(C4)C3)c1N1CCOCC1. The highest BCUT2D eigenvalue weighted by Gasteiger charge is 2.55. The molecule has 2 heterocycles. The van der Waals surface area contributed by atoms with Gasteiger partial charge in [-0.25, -0.2) is 9.48 Å². The van der Waals surface area contributed by atoms with Crippen LogP contribution in [0.2, 0.25) is 0 Å². The van der Waals surface area contributed by atoms with E-state index in [0.29, 0.717) is 49.6 Å². The largest absolute Gasteiger partial charge is 0.453 e. The summed E-state index contributed by atoms with van der Waals surface area (Å²) in [6.45, 7) is 6.19. The summed E-state index contributed by atoms with van der Waals surface area (Å²) in [6, 6.07) is 0.0962. The number of rotatable bonds is 6. The number of nitrogens with one attached hydrogen (secondary N) is 2. The predicted molar refractivity (Wildman–Crippen MR) is 130 cm³/mol. The number of alkyl carbamates (subject to hydrolysis) is 1. The lowest BCUT2D eigenvalue weighted by molar-refractivity contribution is -0.136. The van der Waals surface area contributed by atoms with E-state index in [2.05, 4.69) is 20.6 Å². The lowest BCUT2D eigenvalue weighted by Gasteiger charge is -2.58. The van der Waals surface area contributed by atoms with E-state index in [1.54, 1.807) is 17.1 Å². The molecule has 1 aromatic heterocycles. The van der Waals surface area contributed by atoms with Gasteiger partial charge in [0.2, 0.25) is 0 Å². The van der Waals surface area contributed by atoms with E-state index in [1.807, 2.05) is 19.9 Å². The highest BCUT2D eigenvalue weighted by atomic mass is 16.5. The van der Waals surface area contributed by atoms with Gasteiger partial charge < -0.3 is 30.1 Å². The Morgan fingerprint density at radius 1 is 1.23 bits per heavy atom. The maximum Gasteiger partial charge on any atom is 0.407 e. The van der Waals surface area contributed by atoms with Crippen molar-refractivity contribution in [2.24, 2.45) is 17.8 Å². The molecule has 1 saturated heterocycles. The topological polar surface area (TPSA) is 118 Å². The Morgan fingerprint density at radius 3 is 2.54 bits per heavy atom. The molecule has 0 radical (unpaired) electrons. The van der Waals surface area contributed by atoms with Crippen molar-refractivity contribution in [2.75, 3.05) is 38.3 Å². The van der Waals surface area contributed by atoms with E-state index in [-0.39, 0.29) is 11.9 Å². The second kappa shape index (κ2) is 9.13. The maximum atomic E-state index is 13.6. The van der Waals surface area contributed by atoms with Gasteiger partial charge in [0.25, 0.3) is 5.91 Å². The molecule has 10 heteroatoms. The third kappa shape index (κ3) is 4.91. The summed E-state index contributed by atoms with van der Waals surface area (Å²) in [5.41, 5.74) is -0.676. The average molecular weight is 488 g/mol. The number of methoxy groups -OCH3 is 1. The van der Waals surface area contributed by atoms with Crippen LogP contribution in [0.15, 0.2) is 12.3 Å². The summed E-state index contributed by atoms with van der Waals surface area (Å²) < 4.78 is 11.9. The number of morpholine rings is 1.